The molecule has 12 nitrogen and oxygen atoms in total. The van der Waals surface area contributed by atoms with Gasteiger partial charge in [0.05, 0.1) is 11.6 Å². The van der Waals surface area contributed by atoms with E-state index in [2.05, 4.69) is 32.4 Å². The highest BCUT2D eigenvalue weighted by Gasteiger charge is 2.61. The highest BCUT2D eigenvalue weighted by Crippen LogP contribution is 2.42. The number of phenols is 1. The van der Waals surface area contributed by atoms with E-state index in [1.807, 2.05) is 12.1 Å². The van der Waals surface area contributed by atoms with Crippen molar-refractivity contribution < 1.29 is 34.4 Å². The van der Waals surface area contributed by atoms with Gasteiger partial charge in [-0.3, -0.25) is 14.2 Å². The van der Waals surface area contributed by atoms with Gasteiger partial charge in [-0.25, -0.2) is 15.0 Å². The molecule has 1 unspecified atom stereocenters. The minimum atomic E-state index is -2.30. The Morgan fingerprint density at radius 3 is 2.71 bits per heavy atom. The normalized spacial score (nSPS) is 25.5. The number of anilines is 1. The van der Waals surface area contributed by atoms with Crippen LogP contribution in [0.1, 0.15) is 47.3 Å². The summed E-state index contributed by atoms with van der Waals surface area (Å²) in [7, 11) is 0. The zero-order chi connectivity index (χ0) is 28.7. The van der Waals surface area contributed by atoms with Gasteiger partial charge in [0.25, 0.3) is 0 Å². The van der Waals surface area contributed by atoms with Gasteiger partial charge in [0, 0.05) is 6.92 Å². The van der Waals surface area contributed by atoms with E-state index in [0.717, 1.165) is 19.3 Å². The highest BCUT2D eigenvalue weighted by molar-refractivity contribution is 6.04. The third kappa shape index (κ3) is 4.49. The number of para-hydroxylation sites is 1. The molecule has 0 amide bonds. The van der Waals surface area contributed by atoms with Crippen molar-refractivity contribution >= 4 is 28.7 Å². The molecule has 12 heteroatoms. The molecule has 1 fully saturated rings. The van der Waals surface area contributed by atoms with Gasteiger partial charge in [-0.05, 0) is 42.5 Å². The Hall–Kier alpha value is -4.39. The van der Waals surface area contributed by atoms with E-state index in [9.17, 15) is 24.9 Å². The number of hydrogen-bond acceptors (Lipinski definition) is 11. The summed E-state index contributed by atoms with van der Waals surface area (Å²) in [6, 6.07) is 14.0. The maximum Gasteiger partial charge on any atom is 0.302 e. The summed E-state index contributed by atoms with van der Waals surface area (Å²) in [5.41, 5.74) is 0.432. The second-order valence-electron chi connectivity index (χ2n) is 10.2. The maximum absolute atomic E-state index is 14.1. The molecular formula is C29H29N5O7. The summed E-state index contributed by atoms with van der Waals surface area (Å²) in [5, 5.41) is 36.3. The van der Waals surface area contributed by atoms with Crippen molar-refractivity contribution in [1.82, 2.24) is 19.5 Å². The number of carbonyl (C=O) groups is 2. The number of aromatic nitrogens is 4. The number of esters is 1. The Kier molecular flexibility index (Phi) is 6.89. The lowest BCUT2D eigenvalue weighted by Gasteiger charge is -2.32. The third-order valence-corrected chi connectivity index (χ3v) is 7.73. The Balaban J connectivity index is 1.45. The van der Waals surface area contributed by atoms with E-state index in [4.69, 9.17) is 9.47 Å². The Bertz CT molecular complexity index is 1620. The molecule has 4 aromatic rings. The molecule has 6 rings (SSSR count). The lowest BCUT2D eigenvalue weighted by Crippen LogP contribution is -2.51. The number of ether oxygens (including phenoxy) is 2. The van der Waals surface area contributed by atoms with Crippen LogP contribution >= 0.6 is 0 Å². The van der Waals surface area contributed by atoms with E-state index in [-0.39, 0.29) is 23.0 Å². The van der Waals surface area contributed by atoms with Crippen LogP contribution in [0.4, 0.5) is 5.82 Å². The third-order valence-electron chi connectivity index (χ3n) is 7.73. The number of aromatic hydroxyl groups is 1. The highest BCUT2D eigenvalue weighted by atomic mass is 16.6. The van der Waals surface area contributed by atoms with Crippen LogP contribution in [0, 0.1) is 0 Å². The van der Waals surface area contributed by atoms with Crippen LogP contribution in [-0.2, 0) is 26.4 Å². The molecule has 3 heterocycles. The number of aryl methyl sites for hydroxylation is 1. The van der Waals surface area contributed by atoms with Gasteiger partial charge >= 0.3 is 5.97 Å². The van der Waals surface area contributed by atoms with Crippen molar-refractivity contribution in [2.24, 2.45) is 0 Å². The number of Topliss-reactive ketones (excluding diaryl/α,β-unsaturated/α-hetero) is 1. The number of aliphatic hydroxyl groups is 2. The first kappa shape index (κ1) is 26.8. The zero-order valence-corrected chi connectivity index (χ0v) is 22.2. The number of nitrogens with zero attached hydrogens (tertiary/aromatic N) is 4. The Morgan fingerprint density at radius 2 is 1.90 bits per heavy atom. The molecule has 41 heavy (non-hydrogen) atoms. The number of ketones is 1. The summed E-state index contributed by atoms with van der Waals surface area (Å²) < 4.78 is 12.4. The smallest absolute Gasteiger partial charge is 0.302 e. The van der Waals surface area contributed by atoms with E-state index < -0.39 is 42.4 Å². The number of fused-ring (bicyclic) bond motifs is 2. The minimum absolute atomic E-state index is 0.0247. The molecule has 2 aromatic heterocycles. The van der Waals surface area contributed by atoms with Crippen molar-refractivity contribution in [1.29, 1.82) is 0 Å². The zero-order valence-electron chi connectivity index (χ0n) is 22.2. The van der Waals surface area contributed by atoms with Gasteiger partial charge < -0.3 is 30.1 Å². The number of phenolic OH excluding ortho intramolecular Hbond substituents is 1. The summed E-state index contributed by atoms with van der Waals surface area (Å²) in [5.74, 6) is -1.39. The lowest BCUT2D eigenvalue weighted by molar-refractivity contribution is -0.151. The van der Waals surface area contributed by atoms with Crippen LogP contribution in [0.2, 0.25) is 0 Å². The molecule has 0 radical (unpaired) electrons. The standard InChI is InChI=1S/C29H29N5O7/c1-16(35)40-13-22-24(37)26(39)29(41-22,25(38)19-10-4-5-12-21(19)36)34-15-32-23-27(30-14-31-28(23)34)33-20-11-6-8-17-7-2-3-9-18(17)20/h2-5,7,9-10,12,14-15,20,22,24,26,36-37,39H,6,8,11,13H2,1H3,(H,30,31,33)/t20?,22-,24-,26-,29-/m1/s1. The molecule has 2 aliphatic rings. The van der Waals surface area contributed by atoms with Crippen molar-refractivity contribution in [2.45, 2.75) is 56.3 Å². The first-order chi connectivity index (χ1) is 19.8. The van der Waals surface area contributed by atoms with Crippen LogP contribution in [0.3, 0.4) is 0 Å². The topological polar surface area (TPSA) is 169 Å². The average molecular weight is 560 g/mol. The first-order valence-electron chi connectivity index (χ1n) is 13.3. The summed E-state index contributed by atoms with van der Waals surface area (Å²) in [6.07, 6.45) is 0.724. The number of nitrogens with one attached hydrogen (secondary N) is 1. The molecular weight excluding hydrogens is 530 g/mol. The molecule has 4 N–H and O–H groups in total. The predicted molar refractivity (Wildman–Crippen MR) is 145 cm³/mol. The molecule has 0 bridgehead atoms. The van der Waals surface area contributed by atoms with Crippen molar-refractivity contribution in [3.8, 4) is 5.75 Å². The fourth-order valence-corrected chi connectivity index (χ4v) is 5.74. The summed E-state index contributed by atoms with van der Waals surface area (Å²) in [6.45, 7) is 0.774. The van der Waals surface area contributed by atoms with Crippen molar-refractivity contribution in [2.75, 3.05) is 11.9 Å². The summed E-state index contributed by atoms with van der Waals surface area (Å²) >= 11 is 0. The van der Waals surface area contributed by atoms with Crippen LogP contribution in [-0.4, -0.2) is 71.5 Å². The van der Waals surface area contributed by atoms with Crippen molar-refractivity contribution in [3.05, 3.63) is 77.9 Å². The minimum Gasteiger partial charge on any atom is -0.507 e. The number of carbonyl (C=O) groups excluding carboxylic acids is 2. The first-order valence-corrected chi connectivity index (χ1v) is 13.3. The fraction of sp³-hybridized carbons (Fsp3) is 0.345. The molecule has 0 saturated carbocycles. The molecule has 212 valence electrons. The molecule has 1 aliphatic carbocycles. The van der Waals surface area contributed by atoms with E-state index >= 15 is 0 Å². The maximum atomic E-state index is 14.1. The van der Waals surface area contributed by atoms with E-state index in [1.54, 1.807) is 12.1 Å². The van der Waals surface area contributed by atoms with Crippen LogP contribution in [0.15, 0.2) is 61.2 Å². The van der Waals surface area contributed by atoms with Gasteiger partial charge in [0.1, 0.15) is 43.3 Å². The van der Waals surface area contributed by atoms with Gasteiger partial charge in [-0.1, -0.05) is 36.4 Å². The van der Waals surface area contributed by atoms with Gasteiger partial charge in [-0.15, -0.1) is 0 Å². The number of benzene rings is 2. The quantitative estimate of drug-likeness (QED) is 0.193. The second kappa shape index (κ2) is 10.5. The lowest BCUT2D eigenvalue weighted by atomic mass is 9.88. The van der Waals surface area contributed by atoms with Gasteiger partial charge in [-0.2, -0.15) is 0 Å². The number of aliphatic hydroxyl groups excluding tert-OH is 2. The number of hydrogen-bond donors (Lipinski definition) is 4. The van der Waals surface area contributed by atoms with Crippen LogP contribution in [0.25, 0.3) is 11.2 Å². The molecule has 2 aromatic carbocycles. The molecule has 0 spiro atoms. The van der Waals surface area contributed by atoms with E-state index in [0.29, 0.717) is 11.3 Å². The molecule has 5 atom stereocenters. The summed E-state index contributed by atoms with van der Waals surface area (Å²) in [4.78, 5) is 38.9. The molecule has 1 saturated heterocycles. The van der Waals surface area contributed by atoms with Crippen molar-refractivity contribution in [3.63, 3.8) is 0 Å². The van der Waals surface area contributed by atoms with Gasteiger partial charge in [0.15, 0.2) is 17.0 Å². The second-order valence-corrected chi connectivity index (χ2v) is 10.2. The largest absolute Gasteiger partial charge is 0.507 e. The number of imidazole rings is 1. The monoisotopic (exact) mass is 559 g/mol. The molecule has 1 aliphatic heterocycles. The Morgan fingerprint density at radius 1 is 1.12 bits per heavy atom. The Labute approximate surface area is 234 Å². The van der Waals surface area contributed by atoms with Gasteiger partial charge in [0.2, 0.25) is 11.5 Å². The predicted octanol–water partition coefficient (Wildman–Crippen LogP) is 2.24. The fourth-order valence-electron chi connectivity index (χ4n) is 5.74. The van der Waals surface area contributed by atoms with E-state index in [1.165, 1.54) is 47.4 Å². The SMILES string of the molecule is CC(=O)OC[C@H]1O[C@@](C(=O)c2ccccc2O)(n2cnc3c(NC4CCCc5ccccc54)ncnc32)[C@H](O)[C@@H]1O. The van der Waals surface area contributed by atoms with Crippen LogP contribution < -0.4 is 5.32 Å². The number of rotatable bonds is 7. The van der Waals surface area contributed by atoms with Crippen LogP contribution in [0.5, 0.6) is 5.75 Å². The average Bonchev–Trinajstić information content (AvgIpc) is 3.52.